The molecule has 1 N–H and O–H groups in total. The number of ketones is 1. The van der Waals surface area contributed by atoms with Crippen LogP contribution in [0.15, 0.2) is 37.6 Å². The molecular formula is C21H22Br2N2O3. The van der Waals surface area contributed by atoms with Crippen molar-refractivity contribution in [2.75, 3.05) is 14.2 Å². The lowest BCUT2D eigenvalue weighted by Crippen LogP contribution is -2.37. The molecule has 1 aliphatic heterocycles. The van der Waals surface area contributed by atoms with E-state index in [0.29, 0.717) is 33.5 Å². The van der Waals surface area contributed by atoms with Gasteiger partial charge in [-0.2, -0.15) is 5.26 Å². The standard InChI is InChI=1S/C21H22Br2N2O3/c1-10-12(9-24)16(17-14(25-10)7-21(2,3)8-15(17)26)11-6-13(22)20(28-5)18(23)19(11)27-4/h6,16,25H,7-8H2,1-5H3. The number of carbonyl (C=O) groups excluding carboxylic acids is 1. The van der Waals surface area contributed by atoms with Crippen molar-refractivity contribution < 1.29 is 14.3 Å². The average Bonchev–Trinajstić information content (AvgIpc) is 2.59. The lowest BCUT2D eigenvalue weighted by molar-refractivity contribution is -0.118. The van der Waals surface area contributed by atoms with Crippen LogP contribution in [0.25, 0.3) is 0 Å². The fraction of sp³-hybridized carbons (Fsp3) is 0.429. The van der Waals surface area contributed by atoms with Crippen LogP contribution < -0.4 is 14.8 Å². The van der Waals surface area contributed by atoms with E-state index in [1.807, 2.05) is 13.0 Å². The number of nitrogens with one attached hydrogen (secondary N) is 1. The van der Waals surface area contributed by atoms with Crippen molar-refractivity contribution in [3.63, 3.8) is 0 Å². The van der Waals surface area contributed by atoms with Crippen molar-refractivity contribution in [1.82, 2.24) is 5.32 Å². The Labute approximate surface area is 182 Å². The number of allylic oxidation sites excluding steroid dienone is 4. The summed E-state index contributed by atoms with van der Waals surface area (Å²) < 4.78 is 12.5. The molecule has 0 bridgehead atoms. The highest BCUT2D eigenvalue weighted by Crippen LogP contribution is 2.52. The van der Waals surface area contributed by atoms with Crippen molar-refractivity contribution in [3.8, 4) is 17.6 Å². The Kier molecular flexibility index (Phi) is 5.66. The molecule has 5 nitrogen and oxygen atoms in total. The van der Waals surface area contributed by atoms with Crippen LogP contribution in [0.4, 0.5) is 0 Å². The summed E-state index contributed by atoms with van der Waals surface area (Å²) in [4.78, 5) is 13.2. The van der Waals surface area contributed by atoms with E-state index in [4.69, 9.17) is 9.47 Å². The van der Waals surface area contributed by atoms with Gasteiger partial charge in [0.1, 0.15) is 10.2 Å². The van der Waals surface area contributed by atoms with Crippen molar-refractivity contribution >= 4 is 37.6 Å². The van der Waals surface area contributed by atoms with E-state index in [9.17, 15) is 10.1 Å². The second-order valence-corrected chi connectivity index (χ2v) is 9.52. The van der Waals surface area contributed by atoms with Gasteiger partial charge in [0.25, 0.3) is 0 Å². The summed E-state index contributed by atoms with van der Waals surface area (Å²) in [6.45, 7) is 6.05. The van der Waals surface area contributed by atoms with E-state index in [0.717, 1.165) is 27.9 Å². The summed E-state index contributed by atoms with van der Waals surface area (Å²) in [6.07, 6.45) is 1.20. The van der Waals surface area contributed by atoms with Gasteiger partial charge < -0.3 is 14.8 Å². The quantitative estimate of drug-likeness (QED) is 0.594. The Morgan fingerprint density at radius 2 is 1.86 bits per heavy atom. The topological polar surface area (TPSA) is 71.3 Å². The van der Waals surface area contributed by atoms with Crippen LogP contribution in [-0.2, 0) is 4.79 Å². The number of rotatable bonds is 3. The van der Waals surface area contributed by atoms with Gasteiger partial charge in [0.05, 0.1) is 36.3 Å². The van der Waals surface area contributed by atoms with Gasteiger partial charge in [0.15, 0.2) is 11.5 Å². The van der Waals surface area contributed by atoms with E-state index in [-0.39, 0.29) is 11.2 Å². The van der Waals surface area contributed by atoms with E-state index < -0.39 is 5.92 Å². The predicted molar refractivity (Wildman–Crippen MR) is 114 cm³/mol. The van der Waals surface area contributed by atoms with Crippen molar-refractivity contribution in [1.29, 1.82) is 5.26 Å². The van der Waals surface area contributed by atoms with Crippen molar-refractivity contribution in [2.24, 2.45) is 5.41 Å². The van der Waals surface area contributed by atoms with Gasteiger partial charge in [0.2, 0.25) is 0 Å². The van der Waals surface area contributed by atoms with Crippen LogP contribution >= 0.6 is 31.9 Å². The van der Waals surface area contributed by atoms with Crippen molar-refractivity contribution in [3.05, 3.63) is 43.1 Å². The van der Waals surface area contributed by atoms with Crippen LogP contribution in [-0.4, -0.2) is 20.0 Å². The van der Waals surface area contributed by atoms with Gasteiger partial charge in [-0.25, -0.2) is 0 Å². The first-order valence-electron chi connectivity index (χ1n) is 8.89. The maximum absolute atomic E-state index is 13.2. The van der Waals surface area contributed by atoms with Gasteiger partial charge in [-0.05, 0) is 56.7 Å². The number of hydrogen-bond acceptors (Lipinski definition) is 5. The molecule has 0 saturated carbocycles. The number of hydrogen-bond donors (Lipinski definition) is 1. The Morgan fingerprint density at radius 1 is 1.21 bits per heavy atom. The maximum Gasteiger partial charge on any atom is 0.162 e. The number of halogens is 2. The normalized spacial score (nSPS) is 21.1. The molecule has 7 heteroatoms. The molecule has 1 aromatic carbocycles. The highest BCUT2D eigenvalue weighted by Gasteiger charge is 2.42. The summed E-state index contributed by atoms with van der Waals surface area (Å²) in [6, 6.07) is 4.18. The first-order chi connectivity index (χ1) is 13.1. The van der Waals surface area contributed by atoms with Gasteiger partial charge in [-0.3, -0.25) is 4.79 Å². The minimum atomic E-state index is -0.488. The Bertz CT molecular complexity index is 971. The largest absolute Gasteiger partial charge is 0.495 e. The van der Waals surface area contributed by atoms with Crippen LogP contribution in [0, 0.1) is 16.7 Å². The number of Topliss-reactive ketones (excluding diaryl/α,β-unsaturated/α-hetero) is 1. The second-order valence-electron chi connectivity index (χ2n) is 7.87. The molecule has 3 rings (SSSR count). The first-order valence-corrected chi connectivity index (χ1v) is 10.5. The third-order valence-corrected chi connectivity index (χ3v) is 6.55. The molecule has 0 amide bonds. The average molecular weight is 510 g/mol. The molecule has 0 radical (unpaired) electrons. The van der Waals surface area contributed by atoms with E-state index in [1.54, 1.807) is 14.2 Å². The fourth-order valence-electron chi connectivity index (χ4n) is 4.11. The third kappa shape index (κ3) is 3.37. The summed E-state index contributed by atoms with van der Waals surface area (Å²) >= 11 is 7.09. The number of nitrogens with zero attached hydrogens (tertiary/aromatic N) is 1. The Balaban J connectivity index is 2.32. The second kappa shape index (κ2) is 7.57. The van der Waals surface area contributed by atoms with E-state index in [2.05, 4.69) is 57.1 Å². The van der Waals surface area contributed by atoms with Crippen LogP contribution in [0.1, 0.15) is 45.1 Å². The summed E-state index contributed by atoms with van der Waals surface area (Å²) in [5.74, 6) is 0.725. The van der Waals surface area contributed by atoms with E-state index >= 15 is 0 Å². The van der Waals surface area contributed by atoms with Crippen molar-refractivity contribution in [2.45, 2.75) is 39.5 Å². The number of carbonyl (C=O) groups is 1. The van der Waals surface area contributed by atoms with Gasteiger partial charge in [0, 0.05) is 29.0 Å². The van der Waals surface area contributed by atoms with Gasteiger partial charge >= 0.3 is 0 Å². The first kappa shape index (κ1) is 20.9. The van der Waals surface area contributed by atoms with Gasteiger partial charge in [-0.1, -0.05) is 13.8 Å². The summed E-state index contributed by atoms with van der Waals surface area (Å²) in [5, 5.41) is 13.2. The predicted octanol–water partition coefficient (Wildman–Crippen LogP) is 5.36. The molecule has 0 fully saturated rings. The number of methoxy groups -OCH3 is 2. The third-order valence-electron chi connectivity index (χ3n) is 5.24. The molecule has 28 heavy (non-hydrogen) atoms. The number of ether oxygens (including phenoxy) is 2. The number of nitriles is 1. The molecule has 1 aromatic rings. The lowest BCUT2D eigenvalue weighted by atomic mass is 9.68. The minimum Gasteiger partial charge on any atom is -0.495 e. The Hall–Kier alpha value is -1.78. The molecule has 148 valence electrons. The number of benzene rings is 1. The molecule has 0 spiro atoms. The van der Waals surface area contributed by atoms with Crippen LogP contribution in [0.2, 0.25) is 0 Å². The highest BCUT2D eigenvalue weighted by molar-refractivity contribution is 9.11. The monoisotopic (exact) mass is 508 g/mol. The van der Waals surface area contributed by atoms with Gasteiger partial charge in [-0.15, -0.1) is 0 Å². The number of dihydropyridines is 1. The van der Waals surface area contributed by atoms with Crippen LogP contribution in [0.3, 0.4) is 0 Å². The highest BCUT2D eigenvalue weighted by atomic mass is 79.9. The molecule has 1 unspecified atom stereocenters. The summed E-state index contributed by atoms with van der Waals surface area (Å²) in [5.41, 5.74) is 3.47. The lowest BCUT2D eigenvalue weighted by Gasteiger charge is -2.39. The zero-order valence-electron chi connectivity index (χ0n) is 16.5. The smallest absolute Gasteiger partial charge is 0.162 e. The van der Waals surface area contributed by atoms with Crippen LogP contribution in [0.5, 0.6) is 11.5 Å². The molecule has 1 atom stereocenters. The SMILES string of the molecule is COc1c(Br)cc(C2C(C#N)=C(C)NC3=C2C(=O)CC(C)(C)C3)c(OC)c1Br. The van der Waals surface area contributed by atoms with E-state index in [1.165, 1.54) is 0 Å². The molecule has 1 aliphatic carbocycles. The molecular weight excluding hydrogens is 488 g/mol. The minimum absolute atomic E-state index is 0.0640. The molecule has 1 heterocycles. The summed E-state index contributed by atoms with van der Waals surface area (Å²) in [7, 11) is 3.15. The zero-order chi connectivity index (χ0) is 20.8. The molecule has 0 saturated heterocycles. The molecule has 0 aromatic heterocycles. The molecule has 2 aliphatic rings. The Morgan fingerprint density at radius 3 is 2.43 bits per heavy atom. The zero-order valence-corrected chi connectivity index (χ0v) is 19.7. The fourth-order valence-corrected chi connectivity index (χ4v) is 5.75. The maximum atomic E-state index is 13.2.